The van der Waals surface area contributed by atoms with Crippen molar-refractivity contribution in [1.29, 1.82) is 0 Å². The summed E-state index contributed by atoms with van der Waals surface area (Å²) in [4.78, 5) is 2.11. The average molecular weight is 288 g/mol. The Morgan fingerprint density at radius 2 is 2.19 bits per heavy atom. The highest BCUT2D eigenvalue weighted by Gasteiger charge is 2.08. The number of methoxy groups -OCH3 is 1. The summed E-state index contributed by atoms with van der Waals surface area (Å²) in [5, 5.41) is 9.46. The van der Waals surface area contributed by atoms with Gasteiger partial charge in [0.1, 0.15) is 0 Å². The fourth-order valence-electron chi connectivity index (χ4n) is 1.44. The topological polar surface area (TPSA) is 32.7 Å². The molecule has 1 aromatic rings. The van der Waals surface area contributed by atoms with Gasteiger partial charge in [-0.1, -0.05) is 6.07 Å². The van der Waals surface area contributed by atoms with Crippen LogP contribution in [-0.2, 0) is 4.74 Å². The molecular weight excluding hydrogens is 270 g/mol. The maximum atomic E-state index is 9.46. The molecule has 0 saturated carbocycles. The van der Waals surface area contributed by atoms with Crippen molar-refractivity contribution in [2.75, 3.05) is 32.2 Å². The summed E-state index contributed by atoms with van der Waals surface area (Å²) < 4.78 is 6.03. The first-order chi connectivity index (χ1) is 7.56. The number of halogens is 1. The number of benzene rings is 1. The van der Waals surface area contributed by atoms with Gasteiger partial charge in [-0.05, 0) is 40.5 Å². The van der Waals surface area contributed by atoms with Crippen LogP contribution in [0.1, 0.15) is 18.6 Å². The van der Waals surface area contributed by atoms with Crippen molar-refractivity contribution in [3.8, 4) is 0 Å². The average Bonchev–Trinajstić information content (AvgIpc) is 2.25. The summed E-state index contributed by atoms with van der Waals surface area (Å²) in [5.41, 5.74) is 2.01. The third kappa shape index (κ3) is 3.47. The normalized spacial score (nSPS) is 12.6. The van der Waals surface area contributed by atoms with E-state index in [0.29, 0.717) is 6.61 Å². The maximum absolute atomic E-state index is 9.46. The molecule has 3 nitrogen and oxygen atoms in total. The number of aliphatic hydroxyl groups is 1. The van der Waals surface area contributed by atoms with Gasteiger partial charge in [-0.3, -0.25) is 0 Å². The minimum atomic E-state index is -0.436. The minimum Gasteiger partial charge on any atom is -0.389 e. The molecule has 4 heteroatoms. The zero-order chi connectivity index (χ0) is 12.1. The van der Waals surface area contributed by atoms with Gasteiger partial charge < -0.3 is 14.7 Å². The molecular formula is C12H18BrNO2. The van der Waals surface area contributed by atoms with Crippen molar-refractivity contribution in [2.45, 2.75) is 13.0 Å². The number of likely N-dealkylation sites (N-methyl/N-ethyl adjacent to an activating group) is 1. The van der Waals surface area contributed by atoms with Crippen LogP contribution < -0.4 is 4.90 Å². The molecule has 0 spiro atoms. The molecule has 0 bridgehead atoms. The second-order valence-corrected chi connectivity index (χ2v) is 4.66. The van der Waals surface area contributed by atoms with Gasteiger partial charge in [0.2, 0.25) is 0 Å². The second kappa shape index (κ2) is 6.23. The van der Waals surface area contributed by atoms with Crippen LogP contribution in [0.15, 0.2) is 22.7 Å². The second-order valence-electron chi connectivity index (χ2n) is 3.80. The third-order valence-corrected chi connectivity index (χ3v) is 3.13. The molecule has 0 saturated heterocycles. The Balaban J connectivity index is 2.81. The predicted octanol–water partition coefficient (Wildman–Crippen LogP) is 2.59. The Hall–Kier alpha value is -0.580. The molecule has 1 atom stereocenters. The van der Waals surface area contributed by atoms with Crippen molar-refractivity contribution in [3.05, 3.63) is 28.2 Å². The van der Waals surface area contributed by atoms with Gasteiger partial charge in [0.05, 0.1) is 18.4 Å². The van der Waals surface area contributed by atoms with Crippen LogP contribution in [0.5, 0.6) is 0 Å². The number of anilines is 1. The lowest BCUT2D eigenvalue weighted by molar-refractivity contribution is 0.199. The smallest absolute Gasteiger partial charge is 0.0762 e. The molecule has 1 N–H and O–H groups in total. The molecule has 0 fully saturated rings. The molecule has 1 aromatic carbocycles. The van der Waals surface area contributed by atoms with Crippen molar-refractivity contribution in [3.63, 3.8) is 0 Å². The molecule has 0 aliphatic carbocycles. The monoisotopic (exact) mass is 287 g/mol. The van der Waals surface area contributed by atoms with Crippen molar-refractivity contribution in [1.82, 2.24) is 0 Å². The first kappa shape index (κ1) is 13.5. The lowest BCUT2D eigenvalue weighted by Gasteiger charge is -2.21. The van der Waals surface area contributed by atoms with Gasteiger partial charge in [-0.15, -0.1) is 0 Å². The van der Waals surface area contributed by atoms with Crippen LogP contribution in [0, 0.1) is 0 Å². The van der Waals surface area contributed by atoms with E-state index in [2.05, 4.69) is 20.8 Å². The first-order valence-corrected chi connectivity index (χ1v) is 6.03. The van der Waals surface area contributed by atoms with Crippen molar-refractivity contribution in [2.24, 2.45) is 0 Å². The summed E-state index contributed by atoms with van der Waals surface area (Å²) in [5.74, 6) is 0. The lowest BCUT2D eigenvalue weighted by atomic mass is 10.1. The molecule has 0 aromatic heterocycles. The van der Waals surface area contributed by atoms with Gasteiger partial charge >= 0.3 is 0 Å². The maximum Gasteiger partial charge on any atom is 0.0762 e. The van der Waals surface area contributed by atoms with Crippen LogP contribution in [0.3, 0.4) is 0 Å². The summed E-state index contributed by atoms with van der Waals surface area (Å²) in [6, 6.07) is 5.89. The van der Waals surface area contributed by atoms with Gasteiger partial charge in [-0.2, -0.15) is 0 Å². The molecule has 0 amide bonds. The van der Waals surface area contributed by atoms with E-state index in [1.165, 1.54) is 0 Å². The van der Waals surface area contributed by atoms with Gasteiger partial charge in [0.15, 0.2) is 0 Å². The molecule has 0 unspecified atom stereocenters. The highest BCUT2D eigenvalue weighted by Crippen LogP contribution is 2.28. The van der Waals surface area contributed by atoms with Gasteiger partial charge in [0, 0.05) is 25.2 Å². The van der Waals surface area contributed by atoms with E-state index in [4.69, 9.17) is 4.74 Å². The van der Waals surface area contributed by atoms with Crippen molar-refractivity contribution < 1.29 is 9.84 Å². The Morgan fingerprint density at radius 3 is 2.69 bits per heavy atom. The summed E-state index contributed by atoms with van der Waals surface area (Å²) in [7, 11) is 3.71. The first-order valence-electron chi connectivity index (χ1n) is 5.24. The van der Waals surface area contributed by atoms with Crippen molar-refractivity contribution >= 4 is 21.6 Å². The van der Waals surface area contributed by atoms with Crippen LogP contribution in [0.25, 0.3) is 0 Å². The van der Waals surface area contributed by atoms with E-state index in [1.54, 1.807) is 14.0 Å². The van der Waals surface area contributed by atoms with E-state index in [1.807, 2.05) is 25.2 Å². The predicted molar refractivity (Wildman–Crippen MR) is 69.9 cm³/mol. The molecule has 0 aliphatic rings. The zero-order valence-corrected chi connectivity index (χ0v) is 11.5. The fraction of sp³-hybridized carbons (Fsp3) is 0.500. The Kier molecular flexibility index (Phi) is 5.25. The van der Waals surface area contributed by atoms with E-state index >= 15 is 0 Å². The molecule has 0 heterocycles. The zero-order valence-electron chi connectivity index (χ0n) is 9.90. The molecule has 0 aliphatic heterocycles. The van der Waals surface area contributed by atoms with Crippen LogP contribution in [-0.4, -0.2) is 32.4 Å². The highest BCUT2D eigenvalue weighted by molar-refractivity contribution is 9.10. The number of nitrogens with zero attached hydrogens (tertiary/aromatic N) is 1. The van der Waals surface area contributed by atoms with Gasteiger partial charge in [0.25, 0.3) is 0 Å². The molecule has 16 heavy (non-hydrogen) atoms. The van der Waals surface area contributed by atoms with Crippen LogP contribution in [0.4, 0.5) is 5.69 Å². The summed E-state index contributed by atoms with van der Waals surface area (Å²) in [6.45, 7) is 3.29. The fourth-order valence-corrected chi connectivity index (χ4v) is 2.14. The lowest BCUT2D eigenvalue weighted by Crippen LogP contribution is -2.22. The third-order valence-electron chi connectivity index (χ3n) is 2.50. The number of hydrogen-bond donors (Lipinski definition) is 1. The Bertz CT molecular complexity index is 342. The van der Waals surface area contributed by atoms with Gasteiger partial charge in [-0.25, -0.2) is 0 Å². The minimum absolute atomic E-state index is 0.436. The number of aliphatic hydroxyl groups excluding tert-OH is 1. The van der Waals surface area contributed by atoms with E-state index < -0.39 is 6.10 Å². The SMILES string of the molecule is COCCN(C)c1ccc([C@H](C)O)cc1Br. The molecule has 0 radical (unpaired) electrons. The van der Waals surface area contributed by atoms with E-state index in [0.717, 1.165) is 22.3 Å². The summed E-state index contributed by atoms with van der Waals surface area (Å²) >= 11 is 3.51. The number of hydrogen-bond acceptors (Lipinski definition) is 3. The van der Waals surface area contributed by atoms with E-state index in [-0.39, 0.29) is 0 Å². The van der Waals surface area contributed by atoms with Crippen LogP contribution in [0.2, 0.25) is 0 Å². The largest absolute Gasteiger partial charge is 0.389 e. The summed E-state index contributed by atoms with van der Waals surface area (Å²) in [6.07, 6.45) is -0.436. The molecule has 90 valence electrons. The van der Waals surface area contributed by atoms with Crippen LogP contribution >= 0.6 is 15.9 Å². The highest BCUT2D eigenvalue weighted by atomic mass is 79.9. The molecule has 1 rings (SSSR count). The standard InChI is InChI=1S/C12H18BrNO2/c1-9(15)10-4-5-12(11(13)8-10)14(2)6-7-16-3/h4-5,8-9,15H,6-7H2,1-3H3/t9-/m0/s1. The van der Waals surface area contributed by atoms with E-state index in [9.17, 15) is 5.11 Å². The quantitative estimate of drug-likeness (QED) is 0.904. The number of rotatable bonds is 5. The number of ether oxygens (including phenoxy) is 1. The Labute approximate surface area is 105 Å². The Morgan fingerprint density at radius 1 is 1.50 bits per heavy atom.